The third kappa shape index (κ3) is 3.74. The van der Waals surface area contributed by atoms with Crippen molar-refractivity contribution in [1.29, 1.82) is 0 Å². The van der Waals surface area contributed by atoms with Gasteiger partial charge in [0.15, 0.2) is 0 Å². The van der Waals surface area contributed by atoms with Gasteiger partial charge in [-0.2, -0.15) is 0 Å². The van der Waals surface area contributed by atoms with Crippen molar-refractivity contribution < 1.29 is 9.13 Å². The highest BCUT2D eigenvalue weighted by molar-refractivity contribution is 7.84. The Morgan fingerprint density at radius 1 is 1.69 bits per heavy atom. The first kappa shape index (κ1) is 12.9. The molecule has 1 heterocycles. The van der Waals surface area contributed by atoms with E-state index in [1.807, 2.05) is 0 Å². The predicted octanol–water partition coefficient (Wildman–Crippen LogP) is 1.43. The molecule has 0 amide bonds. The van der Waals surface area contributed by atoms with Crippen molar-refractivity contribution >= 4 is 33.9 Å². The minimum atomic E-state index is -0.947. The van der Waals surface area contributed by atoms with Gasteiger partial charge in [0.05, 0.1) is 9.95 Å². The number of rotatable bonds is 5. The van der Waals surface area contributed by atoms with E-state index in [2.05, 4.69) is 10.3 Å². The molecular weight excluding hydrogens is 254 g/mol. The van der Waals surface area contributed by atoms with E-state index in [-0.39, 0.29) is 16.5 Å². The Kier molecular flexibility index (Phi) is 4.63. The number of pyridine rings is 1. The van der Waals surface area contributed by atoms with Crippen molar-refractivity contribution in [2.75, 3.05) is 23.9 Å². The molecule has 0 spiro atoms. The van der Waals surface area contributed by atoms with Gasteiger partial charge in [0, 0.05) is 41.6 Å². The van der Waals surface area contributed by atoms with Gasteiger partial charge in [-0.3, -0.25) is 14.3 Å². The monoisotopic (exact) mass is 263 g/mol. The summed E-state index contributed by atoms with van der Waals surface area (Å²) in [5, 5.41) is 13.6. The van der Waals surface area contributed by atoms with E-state index in [1.165, 1.54) is 12.3 Å². The molecule has 88 valence electrons. The number of anilines is 1. The van der Waals surface area contributed by atoms with Crippen LogP contribution in [0.3, 0.4) is 0 Å². The van der Waals surface area contributed by atoms with Crippen LogP contribution in [0.4, 0.5) is 11.5 Å². The summed E-state index contributed by atoms with van der Waals surface area (Å²) in [6.45, 7) is 0.360. The van der Waals surface area contributed by atoms with Crippen LogP contribution in [0, 0.1) is 10.1 Å². The van der Waals surface area contributed by atoms with Gasteiger partial charge in [-0.25, -0.2) is 4.98 Å². The molecule has 0 bridgehead atoms. The second kappa shape index (κ2) is 5.76. The Morgan fingerprint density at radius 2 is 2.38 bits per heavy atom. The maximum absolute atomic E-state index is 10.8. The summed E-state index contributed by atoms with van der Waals surface area (Å²) in [7, 11) is -0.947. The van der Waals surface area contributed by atoms with Crippen molar-refractivity contribution in [3.05, 3.63) is 27.4 Å². The smallest absolute Gasteiger partial charge is 0.312 e. The van der Waals surface area contributed by atoms with Crippen molar-refractivity contribution in [3.63, 3.8) is 0 Å². The Bertz CT molecular complexity index is 427. The lowest BCUT2D eigenvalue weighted by molar-refractivity contribution is -0.384. The number of aromatic nitrogens is 1. The summed E-state index contributed by atoms with van der Waals surface area (Å²) in [6, 6.07) is 1.22. The molecule has 6 nitrogen and oxygen atoms in total. The molecule has 1 aromatic heterocycles. The number of hydrogen-bond acceptors (Lipinski definition) is 5. The lowest BCUT2D eigenvalue weighted by atomic mass is 10.4. The molecule has 1 unspecified atom stereocenters. The summed E-state index contributed by atoms with van der Waals surface area (Å²) >= 11 is 5.60. The lowest BCUT2D eigenvalue weighted by Gasteiger charge is -2.04. The molecule has 1 rings (SSSR count). The molecule has 0 radical (unpaired) electrons. The summed E-state index contributed by atoms with van der Waals surface area (Å²) in [5.41, 5.74) is -0.186. The van der Waals surface area contributed by atoms with Gasteiger partial charge in [-0.1, -0.05) is 11.6 Å². The van der Waals surface area contributed by atoms with E-state index in [9.17, 15) is 14.3 Å². The van der Waals surface area contributed by atoms with Gasteiger partial charge in [0.1, 0.15) is 0 Å². The number of halogens is 1. The van der Waals surface area contributed by atoms with E-state index >= 15 is 0 Å². The molecule has 0 aliphatic carbocycles. The van der Waals surface area contributed by atoms with Crippen LogP contribution in [0.1, 0.15) is 0 Å². The second-order valence-corrected chi connectivity index (χ2v) is 4.97. The largest absolute Gasteiger partial charge is 0.363 e. The summed E-state index contributed by atoms with van der Waals surface area (Å²) in [4.78, 5) is 13.9. The fraction of sp³-hybridized carbons (Fsp3) is 0.375. The van der Waals surface area contributed by atoms with Crippen molar-refractivity contribution in [1.82, 2.24) is 4.98 Å². The highest BCUT2D eigenvalue weighted by atomic mass is 35.5. The zero-order valence-corrected chi connectivity index (χ0v) is 10.0. The standard InChI is InChI=1S/C8H10ClN3O3S/c1-16(15)3-2-10-8-7(12(13)14)4-6(9)5-11-8/h4-5H,2-3H2,1H3,(H,10,11). The van der Waals surface area contributed by atoms with Gasteiger partial charge in [-0.15, -0.1) is 0 Å². The van der Waals surface area contributed by atoms with E-state index in [4.69, 9.17) is 11.6 Å². The van der Waals surface area contributed by atoms with Gasteiger partial charge >= 0.3 is 5.69 Å². The maximum atomic E-state index is 10.8. The fourth-order valence-electron chi connectivity index (χ4n) is 1.02. The Morgan fingerprint density at radius 3 is 2.94 bits per heavy atom. The predicted molar refractivity (Wildman–Crippen MR) is 63.3 cm³/mol. The van der Waals surface area contributed by atoms with Gasteiger partial charge < -0.3 is 5.32 Å². The lowest BCUT2D eigenvalue weighted by Crippen LogP contribution is -2.12. The number of nitro groups is 1. The Hall–Kier alpha value is -1.21. The van der Waals surface area contributed by atoms with Crippen LogP contribution in [-0.2, 0) is 10.8 Å². The molecule has 0 saturated heterocycles. The van der Waals surface area contributed by atoms with Crippen LogP contribution in [0.15, 0.2) is 12.3 Å². The SMILES string of the molecule is CS(=O)CCNc1ncc(Cl)cc1[N+](=O)[O-]. The minimum absolute atomic E-state index is 0.139. The highest BCUT2D eigenvalue weighted by Gasteiger charge is 2.15. The van der Waals surface area contributed by atoms with Crippen molar-refractivity contribution in [2.24, 2.45) is 0 Å². The molecule has 0 aliphatic rings. The Balaban J connectivity index is 2.78. The van der Waals surface area contributed by atoms with Crippen LogP contribution in [0.5, 0.6) is 0 Å². The quantitative estimate of drug-likeness (QED) is 0.642. The second-order valence-electron chi connectivity index (χ2n) is 2.98. The highest BCUT2D eigenvalue weighted by Crippen LogP contribution is 2.24. The zero-order chi connectivity index (χ0) is 12.1. The van der Waals surface area contributed by atoms with E-state index < -0.39 is 15.7 Å². The first-order valence-corrected chi connectivity index (χ1v) is 6.45. The molecule has 1 aromatic rings. The normalized spacial score (nSPS) is 12.1. The topological polar surface area (TPSA) is 85.1 Å². The van der Waals surface area contributed by atoms with Crippen LogP contribution >= 0.6 is 11.6 Å². The van der Waals surface area contributed by atoms with Crippen molar-refractivity contribution in [2.45, 2.75) is 0 Å². The van der Waals surface area contributed by atoms with Crippen LogP contribution < -0.4 is 5.32 Å². The maximum Gasteiger partial charge on any atom is 0.312 e. The number of nitrogens with one attached hydrogen (secondary N) is 1. The molecule has 0 aliphatic heterocycles. The summed E-state index contributed by atoms with van der Waals surface area (Å²) in [6.07, 6.45) is 2.88. The van der Waals surface area contributed by atoms with Gasteiger partial charge in [0.25, 0.3) is 0 Å². The number of nitrogens with zero attached hydrogens (tertiary/aromatic N) is 2. The molecule has 16 heavy (non-hydrogen) atoms. The van der Waals surface area contributed by atoms with Crippen LogP contribution in [0.2, 0.25) is 5.02 Å². The Labute approximate surface area is 99.6 Å². The molecule has 1 N–H and O–H groups in total. The summed E-state index contributed by atoms with van der Waals surface area (Å²) < 4.78 is 10.8. The summed E-state index contributed by atoms with van der Waals surface area (Å²) in [5.74, 6) is 0.543. The van der Waals surface area contributed by atoms with Crippen LogP contribution in [0.25, 0.3) is 0 Å². The molecule has 8 heteroatoms. The molecule has 1 atom stereocenters. The minimum Gasteiger partial charge on any atom is -0.363 e. The third-order valence-electron chi connectivity index (χ3n) is 1.71. The third-order valence-corrected chi connectivity index (χ3v) is 2.70. The average Bonchev–Trinajstić information content (AvgIpc) is 2.19. The molecule has 0 saturated carbocycles. The fourth-order valence-corrected chi connectivity index (χ4v) is 1.56. The van der Waals surface area contributed by atoms with E-state index in [1.54, 1.807) is 6.26 Å². The molecular formula is C8H10ClN3O3S. The van der Waals surface area contributed by atoms with Crippen LogP contribution in [-0.4, -0.2) is 32.7 Å². The van der Waals surface area contributed by atoms with E-state index in [0.29, 0.717) is 12.3 Å². The number of hydrogen-bond donors (Lipinski definition) is 1. The van der Waals surface area contributed by atoms with Gasteiger partial charge in [-0.05, 0) is 0 Å². The average molecular weight is 264 g/mol. The molecule has 0 fully saturated rings. The van der Waals surface area contributed by atoms with Gasteiger partial charge in [0.2, 0.25) is 5.82 Å². The van der Waals surface area contributed by atoms with Crippen molar-refractivity contribution in [3.8, 4) is 0 Å². The van der Waals surface area contributed by atoms with E-state index in [0.717, 1.165) is 0 Å². The molecule has 0 aromatic carbocycles. The first-order valence-electron chi connectivity index (χ1n) is 4.34. The zero-order valence-electron chi connectivity index (χ0n) is 8.47. The first-order chi connectivity index (χ1) is 7.50.